The molecule has 3 nitrogen and oxygen atoms in total. The average Bonchev–Trinajstić information content (AvgIpc) is 2.48. The number of halogens is 1. The van der Waals surface area contributed by atoms with E-state index in [1.807, 2.05) is 30.1 Å². The Morgan fingerprint density at radius 1 is 1.19 bits per heavy atom. The third-order valence-corrected chi connectivity index (χ3v) is 3.51. The van der Waals surface area contributed by atoms with E-state index in [1.54, 1.807) is 6.07 Å². The van der Waals surface area contributed by atoms with E-state index in [1.165, 1.54) is 18.7 Å². The molecule has 0 unspecified atom stereocenters. The maximum absolute atomic E-state index is 13.5. The summed E-state index contributed by atoms with van der Waals surface area (Å²) >= 11 is 0. The Balaban J connectivity index is 1.98. The lowest BCUT2D eigenvalue weighted by Gasteiger charge is -2.22. The van der Waals surface area contributed by atoms with Crippen molar-refractivity contribution < 1.29 is 9.13 Å². The van der Waals surface area contributed by atoms with Crippen molar-refractivity contribution in [3.63, 3.8) is 0 Å². The lowest BCUT2D eigenvalue weighted by molar-refractivity contribution is 0.387. The van der Waals surface area contributed by atoms with E-state index in [9.17, 15) is 4.39 Å². The van der Waals surface area contributed by atoms with Gasteiger partial charge in [0.15, 0.2) is 11.6 Å². The highest BCUT2D eigenvalue weighted by Gasteiger charge is 2.11. The fraction of sp³-hybridized carbons (Fsp3) is 0.294. The first-order chi connectivity index (χ1) is 10.1. The average molecular weight is 288 g/mol. The number of nitrogen functional groups attached to an aromatic ring is 1. The standard InChI is InChI=1S/C17H21FN2O/c1-20(10-6-9-13-7-4-3-5-8-13)16-12-17(21-2)14(18)11-15(16)19/h3-5,7-8,11-12H,6,9-10,19H2,1-2H3. The lowest BCUT2D eigenvalue weighted by Crippen LogP contribution is -2.20. The van der Waals surface area contributed by atoms with Crippen LogP contribution in [0.2, 0.25) is 0 Å². The largest absolute Gasteiger partial charge is 0.494 e. The molecule has 4 heteroatoms. The molecule has 0 aliphatic heterocycles. The molecule has 0 saturated heterocycles. The summed E-state index contributed by atoms with van der Waals surface area (Å²) in [6.45, 7) is 0.841. The zero-order chi connectivity index (χ0) is 15.2. The highest BCUT2D eigenvalue weighted by molar-refractivity contribution is 5.69. The molecule has 0 aliphatic rings. The molecule has 0 spiro atoms. The Morgan fingerprint density at radius 2 is 1.90 bits per heavy atom. The smallest absolute Gasteiger partial charge is 0.167 e. The molecular weight excluding hydrogens is 267 g/mol. The second kappa shape index (κ2) is 6.97. The van der Waals surface area contributed by atoms with Gasteiger partial charge < -0.3 is 15.4 Å². The van der Waals surface area contributed by atoms with Gasteiger partial charge in [0.1, 0.15) is 0 Å². The minimum atomic E-state index is -0.434. The second-order valence-corrected chi connectivity index (χ2v) is 5.06. The fourth-order valence-electron chi connectivity index (χ4n) is 2.33. The van der Waals surface area contributed by atoms with E-state index in [-0.39, 0.29) is 5.75 Å². The quantitative estimate of drug-likeness (QED) is 0.827. The molecule has 0 aromatic heterocycles. The van der Waals surface area contributed by atoms with E-state index in [0.29, 0.717) is 5.69 Å². The van der Waals surface area contributed by atoms with Gasteiger partial charge in [-0.1, -0.05) is 30.3 Å². The van der Waals surface area contributed by atoms with Crippen LogP contribution in [0.5, 0.6) is 5.75 Å². The summed E-state index contributed by atoms with van der Waals surface area (Å²) < 4.78 is 18.6. The van der Waals surface area contributed by atoms with Gasteiger partial charge in [0.05, 0.1) is 18.5 Å². The van der Waals surface area contributed by atoms with Crippen LogP contribution in [-0.2, 0) is 6.42 Å². The molecular formula is C17H21FN2O. The summed E-state index contributed by atoms with van der Waals surface area (Å²) in [6.07, 6.45) is 2.00. The van der Waals surface area contributed by atoms with E-state index >= 15 is 0 Å². The summed E-state index contributed by atoms with van der Waals surface area (Å²) in [5.74, 6) is -0.217. The van der Waals surface area contributed by atoms with Crippen LogP contribution in [0.25, 0.3) is 0 Å². The van der Waals surface area contributed by atoms with Crippen molar-refractivity contribution in [2.75, 3.05) is 31.3 Å². The highest BCUT2D eigenvalue weighted by atomic mass is 19.1. The van der Waals surface area contributed by atoms with Gasteiger partial charge in [-0.05, 0) is 18.4 Å². The highest BCUT2D eigenvalue weighted by Crippen LogP contribution is 2.30. The van der Waals surface area contributed by atoms with Crippen molar-refractivity contribution in [3.05, 3.63) is 53.8 Å². The Labute approximate surface area is 125 Å². The molecule has 0 amide bonds. The predicted molar refractivity (Wildman–Crippen MR) is 85.4 cm³/mol. The van der Waals surface area contributed by atoms with Gasteiger partial charge in [-0.3, -0.25) is 0 Å². The van der Waals surface area contributed by atoms with Gasteiger partial charge in [0.25, 0.3) is 0 Å². The Bertz CT molecular complexity index is 587. The van der Waals surface area contributed by atoms with Crippen LogP contribution < -0.4 is 15.4 Å². The second-order valence-electron chi connectivity index (χ2n) is 5.06. The molecule has 0 heterocycles. The Hall–Kier alpha value is -2.23. The van der Waals surface area contributed by atoms with E-state index in [0.717, 1.165) is 25.1 Å². The van der Waals surface area contributed by atoms with Gasteiger partial charge >= 0.3 is 0 Å². The fourth-order valence-corrected chi connectivity index (χ4v) is 2.33. The predicted octanol–water partition coefficient (Wildman–Crippen LogP) is 3.49. The number of anilines is 2. The normalized spacial score (nSPS) is 10.4. The molecule has 0 radical (unpaired) electrons. The summed E-state index contributed by atoms with van der Waals surface area (Å²) in [4.78, 5) is 2.03. The van der Waals surface area contributed by atoms with Crippen LogP contribution in [0.15, 0.2) is 42.5 Å². The molecule has 0 fully saturated rings. The number of ether oxygens (including phenoxy) is 1. The minimum Gasteiger partial charge on any atom is -0.494 e. The molecule has 0 bridgehead atoms. The first-order valence-electron chi connectivity index (χ1n) is 7.00. The molecule has 21 heavy (non-hydrogen) atoms. The first kappa shape index (κ1) is 15.2. The van der Waals surface area contributed by atoms with E-state index in [4.69, 9.17) is 10.5 Å². The Kier molecular flexibility index (Phi) is 5.04. The molecule has 2 aromatic carbocycles. The lowest BCUT2D eigenvalue weighted by atomic mass is 10.1. The van der Waals surface area contributed by atoms with Crippen molar-refractivity contribution >= 4 is 11.4 Å². The van der Waals surface area contributed by atoms with Crippen molar-refractivity contribution in [2.45, 2.75) is 12.8 Å². The van der Waals surface area contributed by atoms with Crippen LogP contribution in [-0.4, -0.2) is 20.7 Å². The zero-order valence-electron chi connectivity index (χ0n) is 12.5. The first-order valence-corrected chi connectivity index (χ1v) is 7.00. The molecule has 0 saturated carbocycles. The van der Waals surface area contributed by atoms with E-state index < -0.39 is 5.82 Å². The van der Waals surface area contributed by atoms with Crippen molar-refractivity contribution in [3.8, 4) is 5.75 Å². The third-order valence-electron chi connectivity index (χ3n) is 3.51. The van der Waals surface area contributed by atoms with Gasteiger partial charge in [-0.25, -0.2) is 4.39 Å². The van der Waals surface area contributed by atoms with E-state index in [2.05, 4.69) is 12.1 Å². The molecule has 2 rings (SSSR count). The summed E-state index contributed by atoms with van der Waals surface area (Å²) in [5.41, 5.74) is 8.43. The van der Waals surface area contributed by atoms with Gasteiger partial charge in [-0.2, -0.15) is 0 Å². The minimum absolute atomic E-state index is 0.217. The Morgan fingerprint density at radius 3 is 2.57 bits per heavy atom. The zero-order valence-corrected chi connectivity index (χ0v) is 12.5. The van der Waals surface area contributed by atoms with Crippen molar-refractivity contribution in [2.24, 2.45) is 0 Å². The van der Waals surface area contributed by atoms with Crippen molar-refractivity contribution in [1.82, 2.24) is 0 Å². The van der Waals surface area contributed by atoms with Crippen LogP contribution >= 0.6 is 0 Å². The third kappa shape index (κ3) is 3.88. The van der Waals surface area contributed by atoms with Crippen LogP contribution in [0.1, 0.15) is 12.0 Å². The van der Waals surface area contributed by atoms with Crippen LogP contribution in [0, 0.1) is 5.82 Å². The monoisotopic (exact) mass is 288 g/mol. The molecule has 2 N–H and O–H groups in total. The molecule has 0 atom stereocenters. The van der Waals surface area contributed by atoms with Crippen LogP contribution in [0.3, 0.4) is 0 Å². The number of aryl methyl sites for hydroxylation is 1. The number of benzene rings is 2. The van der Waals surface area contributed by atoms with Crippen molar-refractivity contribution in [1.29, 1.82) is 0 Å². The SMILES string of the molecule is COc1cc(N(C)CCCc2ccccc2)c(N)cc1F. The van der Waals surface area contributed by atoms with Gasteiger partial charge in [-0.15, -0.1) is 0 Å². The number of nitrogens with two attached hydrogens (primary N) is 1. The van der Waals surface area contributed by atoms with Crippen LogP contribution in [0.4, 0.5) is 15.8 Å². The number of methoxy groups -OCH3 is 1. The molecule has 2 aromatic rings. The summed E-state index contributed by atoms with van der Waals surface area (Å²) in [6, 6.07) is 13.3. The maximum Gasteiger partial charge on any atom is 0.167 e. The summed E-state index contributed by atoms with van der Waals surface area (Å²) in [7, 11) is 3.40. The topological polar surface area (TPSA) is 38.5 Å². The van der Waals surface area contributed by atoms with Gasteiger partial charge in [0.2, 0.25) is 0 Å². The molecule has 112 valence electrons. The maximum atomic E-state index is 13.5. The number of rotatable bonds is 6. The summed E-state index contributed by atoms with van der Waals surface area (Å²) in [5, 5.41) is 0. The molecule has 0 aliphatic carbocycles. The number of hydrogen-bond donors (Lipinski definition) is 1. The van der Waals surface area contributed by atoms with Gasteiger partial charge in [0, 0.05) is 25.7 Å². The number of nitrogens with zero attached hydrogens (tertiary/aromatic N) is 1. The number of hydrogen-bond acceptors (Lipinski definition) is 3.